The van der Waals surface area contributed by atoms with Crippen molar-refractivity contribution in [1.82, 2.24) is 5.32 Å². The van der Waals surface area contributed by atoms with Gasteiger partial charge < -0.3 is 19.8 Å². The minimum absolute atomic E-state index is 0.0752. The van der Waals surface area contributed by atoms with Crippen molar-refractivity contribution in [3.63, 3.8) is 0 Å². The number of alkyl halides is 2. The number of rotatable bonds is 6. The molecule has 24 heavy (non-hydrogen) atoms. The first-order valence-corrected chi connectivity index (χ1v) is 7.14. The Kier molecular flexibility index (Phi) is 5.75. The van der Waals surface area contributed by atoms with E-state index in [1.54, 1.807) is 6.07 Å². The Bertz CT molecular complexity index is 722. The monoisotopic (exact) mass is 358 g/mol. The van der Waals surface area contributed by atoms with Crippen LogP contribution in [0.1, 0.15) is 17.5 Å². The van der Waals surface area contributed by atoms with Crippen molar-refractivity contribution in [1.29, 1.82) is 0 Å². The molecule has 1 aromatic carbocycles. The molecule has 9 heteroatoms. The van der Waals surface area contributed by atoms with E-state index in [0.29, 0.717) is 0 Å². The summed E-state index contributed by atoms with van der Waals surface area (Å²) in [5.74, 6) is -1.19. The lowest BCUT2D eigenvalue weighted by atomic mass is 10.2. The fourth-order valence-electron chi connectivity index (χ4n) is 1.76. The van der Waals surface area contributed by atoms with Crippen LogP contribution in [0.2, 0.25) is 5.02 Å². The van der Waals surface area contributed by atoms with Gasteiger partial charge in [-0.3, -0.25) is 9.59 Å². The lowest BCUT2D eigenvalue weighted by Gasteiger charge is -2.14. The molecule has 1 atom stereocenters. The van der Waals surface area contributed by atoms with Crippen molar-refractivity contribution >= 4 is 29.1 Å². The zero-order chi connectivity index (χ0) is 17.7. The summed E-state index contributed by atoms with van der Waals surface area (Å²) >= 11 is 5.80. The smallest absolute Gasteiger partial charge is 0.387 e. The Morgan fingerprint density at radius 1 is 1.29 bits per heavy atom. The number of carbonyl (C=O) groups excluding carboxylic acids is 2. The summed E-state index contributed by atoms with van der Waals surface area (Å²) in [5.41, 5.74) is 0.269. The van der Waals surface area contributed by atoms with Crippen LogP contribution < -0.4 is 15.4 Å². The van der Waals surface area contributed by atoms with Gasteiger partial charge in [0.2, 0.25) is 5.91 Å². The fraction of sp³-hybridized carbons (Fsp3) is 0.200. The summed E-state index contributed by atoms with van der Waals surface area (Å²) in [6.45, 7) is -1.52. The van der Waals surface area contributed by atoms with Gasteiger partial charge in [-0.1, -0.05) is 11.6 Å². The van der Waals surface area contributed by atoms with Crippen molar-refractivity contribution in [3.8, 4) is 5.75 Å². The predicted octanol–water partition coefficient (Wildman–Crippen LogP) is 3.29. The van der Waals surface area contributed by atoms with Gasteiger partial charge in [0.05, 0.1) is 11.3 Å². The van der Waals surface area contributed by atoms with E-state index < -0.39 is 24.5 Å². The summed E-state index contributed by atoms with van der Waals surface area (Å²) in [4.78, 5) is 23.8. The van der Waals surface area contributed by atoms with Gasteiger partial charge in [0, 0.05) is 5.69 Å². The molecule has 2 aromatic rings. The van der Waals surface area contributed by atoms with E-state index in [0.717, 1.165) is 0 Å². The first-order valence-electron chi connectivity index (χ1n) is 6.76. The molecule has 0 aliphatic rings. The normalized spacial score (nSPS) is 11.9. The molecule has 128 valence electrons. The minimum Gasteiger partial charge on any atom is -0.459 e. The van der Waals surface area contributed by atoms with Crippen molar-refractivity contribution in [3.05, 3.63) is 47.4 Å². The number of amides is 2. The van der Waals surface area contributed by atoms with Crippen LogP contribution in [0.4, 0.5) is 14.5 Å². The Balaban J connectivity index is 1.96. The zero-order valence-electron chi connectivity index (χ0n) is 12.4. The average molecular weight is 359 g/mol. The SMILES string of the molecule is CC(NC(=O)c1ccco1)C(=O)Nc1ccc(OC(F)F)c(Cl)c1. The maximum atomic E-state index is 12.2. The van der Waals surface area contributed by atoms with Crippen LogP contribution in [0.3, 0.4) is 0 Å². The molecule has 0 radical (unpaired) electrons. The predicted molar refractivity (Wildman–Crippen MR) is 82.3 cm³/mol. The standard InChI is InChI=1S/C15H13ClF2N2O4/c1-8(19-14(22)12-3-2-6-23-12)13(21)20-9-4-5-11(10(16)7-9)24-15(17)18/h2-8,15H,1H3,(H,19,22)(H,20,21). The Labute approximate surface area is 140 Å². The molecule has 0 fully saturated rings. The number of anilines is 1. The fourth-order valence-corrected chi connectivity index (χ4v) is 1.99. The highest BCUT2D eigenvalue weighted by molar-refractivity contribution is 6.32. The molecular weight excluding hydrogens is 346 g/mol. The van der Waals surface area contributed by atoms with E-state index in [9.17, 15) is 18.4 Å². The lowest BCUT2D eigenvalue weighted by molar-refractivity contribution is -0.117. The van der Waals surface area contributed by atoms with Gasteiger partial charge in [-0.2, -0.15) is 8.78 Å². The summed E-state index contributed by atoms with van der Waals surface area (Å²) in [7, 11) is 0. The molecule has 0 aliphatic carbocycles. The topological polar surface area (TPSA) is 80.6 Å². The summed E-state index contributed by atoms with van der Waals surface area (Å²) in [6.07, 6.45) is 1.34. The second-order valence-electron chi connectivity index (χ2n) is 4.69. The van der Waals surface area contributed by atoms with Gasteiger partial charge in [0.1, 0.15) is 11.8 Å². The van der Waals surface area contributed by atoms with Crippen LogP contribution in [0.5, 0.6) is 5.75 Å². The first-order chi connectivity index (χ1) is 11.4. The van der Waals surface area contributed by atoms with Gasteiger partial charge in [-0.05, 0) is 37.3 Å². The molecule has 1 unspecified atom stereocenters. The zero-order valence-corrected chi connectivity index (χ0v) is 13.1. The second-order valence-corrected chi connectivity index (χ2v) is 5.09. The van der Waals surface area contributed by atoms with Crippen LogP contribution in [0.25, 0.3) is 0 Å². The number of hydrogen-bond donors (Lipinski definition) is 2. The van der Waals surface area contributed by atoms with Crippen LogP contribution in [0.15, 0.2) is 41.0 Å². The number of nitrogens with one attached hydrogen (secondary N) is 2. The number of halogens is 3. The van der Waals surface area contributed by atoms with Crippen LogP contribution in [-0.2, 0) is 4.79 Å². The number of carbonyl (C=O) groups is 2. The highest BCUT2D eigenvalue weighted by Gasteiger charge is 2.18. The van der Waals surface area contributed by atoms with Gasteiger partial charge in [0.15, 0.2) is 5.76 Å². The molecule has 0 saturated heterocycles. The maximum Gasteiger partial charge on any atom is 0.387 e. The van der Waals surface area contributed by atoms with E-state index >= 15 is 0 Å². The van der Waals surface area contributed by atoms with Crippen LogP contribution >= 0.6 is 11.6 Å². The number of benzene rings is 1. The number of ether oxygens (including phenoxy) is 1. The van der Waals surface area contributed by atoms with Gasteiger partial charge in [0.25, 0.3) is 5.91 Å². The molecule has 0 spiro atoms. The first kappa shape index (κ1) is 17.7. The Morgan fingerprint density at radius 3 is 2.62 bits per heavy atom. The molecule has 2 N–H and O–H groups in total. The molecular formula is C15H13ClF2N2O4. The third-order valence-electron chi connectivity index (χ3n) is 2.90. The summed E-state index contributed by atoms with van der Waals surface area (Å²) in [6, 6.07) is 5.96. The third-order valence-corrected chi connectivity index (χ3v) is 3.20. The van der Waals surface area contributed by atoms with Gasteiger partial charge in [-0.25, -0.2) is 0 Å². The van der Waals surface area contributed by atoms with Crippen molar-refractivity contribution in [2.75, 3.05) is 5.32 Å². The van der Waals surface area contributed by atoms with Crippen molar-refractivity contribution < 1.29 is 27.5 Å². The molecule has 2 amide bonds. The van der Waals surface area contributed by atoms with Crippen LogP contribution in [0, 0.1) is 0 Å². The second kappa shape index (κ2) is 7.78. The lowest BCUT2D eigenvalue weighted by Crippen LogP contribution is -2.41. The van der Waals surface area contributed by atoms with E-state index in [-0.39, 0.29) is 22.2 Å². The van der Waals surface area contributed by atoms with E-state index in [2.05, 4.69) is 15.4 Å². The van der Waals surface area contributed by atoms with Crippen LogP contribution in [-0.4, -0.2) is 24.5 Å². The quantitative estimate of drug-likeness (QED) is 0.830. The maximum absolute atomic E-state index is 12.2. The summed E-state index contributed by atoms with van der Waals surface area (Å²) in [5, 5.41) is 4.87. The third kappa shape index (κ3) is 4.69. The molecule has 2 rings (SSSR count). The van der Waals surface area contributed by atoms with Crippen molar-refractivity contribution in [2.24, 2.45) is 0 Å². The van der Waals surface area contributed by atoms with Gasteiger partial charge in [-0.15, -0.1) is 0 Å². The Morgan fingerprint density at radius 2 is 2.04 bits per heavy atom. The molecule has 1 heterocycles. The number of hydrogen-bond acceptors (Lipinski definition) is 4. The molecule has 6 nitrogen and oxygen atoms in total. The highest BCUT2D eigenvalue weighted by Crippen LogP contribution is 2.28. The molecule has 0 saturated carbocycles. The van der Waals surface area contributed by atoms with E-state index in [1.807, 2.05) is 0 Å². The molecule has 1 aromatic heterocycles. The van der Waals surface area contributed by atoms with E-state index in [1.165, 1.54) is 37.5 Å². The molecule has 0 aliphatic heterocycles. The number of furan rings is 1. The van der Waals surface area contributed by atoms with E-state index in [4.69, 9.17) is 16.0 Å². The summed E-state index contributed by atoms with van der Waals surface area (Å²) < 4.78 is 33.4. The average Bonchev–Trinajstić information content (AvgIpc) is 3.04. The minimum atomic E-state index is -3.00. The van der Waals surface area contributed by atoms with Gasteiger partial charge >= 0.3 is 6.61 Å². The Hall–Kier alpha value is -2.61. The highest BCUT2D eigenvalue weighted by atomic mass is 35.5. The largest absolute Gasteiger partial charge is 0.459 e. The molecule has 0 bridgehead atoms. The van der Waals surface area contributed by atoms with Crippen molar-refractivity contribution in [2.45, 2.75) is 19.6 Å².